The first-order valence-electron chi connectivity index (χ1n) is 21.2. The van der Waals surface area contributed by atoms with E-state index in [0.717, 1.165) is 49.8 Å². The fourth-order valence-corrected chi connectivity index (χ4v) is 15.4. The Hall–Kier alpha value is -7.77. The zero-order chi connectivity index (χ0) is 41.7. The van der Waals surface area contributed by atoms with Gasteiger partial charge in [0.25, 0.3) is 0 Å². The van der Waals surface area contributed by atoms with Crippen molar-refractivity contribution in [2.24, 2.45) is 0 Å². The Kier molecular flexibility index (Phi) is 8.99. The average Bonchev–Trinajstić information content (AvgIpc) is 3.94. The lowest BCUT2D eigenvalue weighted by Crippen LogP contribution is -2.74. The number of nitrogens with zero attached hydrogens (tertiary/aromatic N) is 3. The number of aromatic nitrogens is 3. The third-order valence-electron chi connectivity index (χ3n) is 12.3. The Morgan fingerprint density at radius 1 is 0.333 bits per heavy atom. The first-order chi connectivity index (χ1) is 31.2. The van der Waals surface area contributed by atoms with E-state index in [1.165, 1.54) is 40.9 Å². The second-order valence-electron chi connectivity index (χ2n) is 15.9. The maximum absolute atomic E-state index is 6.70. The van der Waals surface area contributed by atoms with Crippen molar-refractivity contribution < 1.29 is 4.42 Å². The third-order valence-corrected chi connectivity index (χ3v) is 18.2. The van der Waals surface area contributed by atoms with E-state index in [1.807, 2.05) is 41.7 Å². The fourth-order valence-electron chi connectivity index (χ4n) is 9.50. The van der Waals surface area contributed by atoms with Crippen LogP contribution in [0, 0.1) is 0 Å². The number of furan rings is 1. The molecule has 9 aromatic carbocycles. The molecule has 296 valence electrons. The van der Waals surface area contributed by atoms with Crippen LogP contribution in [0.4, 0.5) is 0 Å². The predicted octanol–water partition coefficient (Wildman–Crippen LogP) is 12.2. The Labute approximate surface area is 369 Å². The van der Waals surface area contributed by atoms with Crippen LogP contribution in [0.15, 0.2) is 229 Å². The molecule has 0 bridgehead atoms. The minimum absolute atomic E-state index is 0.577. The summed E-state index contributed by atoms with van der Waals surface area (Å²) in [5.74, 6) is 1.79. The second-order valence-corrected chi connectivity index (χ2v) is 20.8. The SMILES string of the molecule is c1ccc(-c2nc(-c3cccc([Si](c4ccccc4)(c4ccccc4)c4ccccc4)c3)nc(-c3cc(-c4cccc5sc6ccccc6c45)c4c(c3)oc3ccccc34)n2)cc1. The van der Waals surface area contributed by atoms with Crippen LogP contribution in [-0.2, 0) is 0 Å². The molecule has 3 heterocycles. The molecule has 0 saturated heterocycles. The quantitative estimate of drug-likeness (QED) is 0.113. The van der Waals surface area contributed by atoms with E-state index in [1.54, 1.807) is 0 Å². The number of rotatable bonds is 8. The molecule has 0 N–H and O–H groups in total. The Balaban J connectivity index is 1.11. The van der Waals surface area contributed by atoms with Crippen molar-refractivity contribution in [3.63, 3.8) is 0 Å². The lowest BCUT2D eigenvalue weighted by atomic mass is 9.93. The zero-order valence-electron chi connectivity index (χ0n) is 34.0. The largest absolute Gasteiger partial charge is 0.456 e. The van der Waals surface area contributed by atoms with Gasteiger partial charge in [0.15, 0.2) is 25.5 Å². The van der Waals surface area contributed by atoms with Gasteiger partial charge in [-0.2, -0.15) is 0 Å². The zero-order valence-corrected chi connectivity index (χ0v) is 35.8. The summed E-state index contributed by atoms with van der Waals surface area (Å²) in [4.78, 5) is 15.9. The lowest BCUT2D eigenvalue weighted by molar-refractivity contribution is 0.669. The molecule has 0 aliphatic carbocycles. The number of fused-ring (bicyclic) bond motifs is 6. The summed E-state index contributed by atoms with van der Waals surface area (Å²) in [5.41, 5.74) is 6.55. The van der Waals surface area contributed by atoms with Crippen LogP contribution in [0.1, 0.15) is 0 Å². The monoisotopic (exact) mass is 839 g/mol. The highest BCUT2D eigenvalue weighted by Gasteiger charge is 2.41. The van der Waals surface area contributed by atoms with Gasteiger partial charge in [-0.1, -0.05) is 194 Å². The molecule has 0 aliphatic rings. The molecule has 0 amide bonds. The maximum Gasteiger partial charge on any atom is 0.179 e. The molecule has 6 heteroatoms. The fraction of sp³-hybridized carbons (Fsp3) is 0. The van der Waals surface area contributed by atoms with Gasteiger partial charge in [-0.25, -0.2) is 15.0 Å². The molecule has 4 nitrogen and oxygen atoms in total. The highest BCUT2D eigenvalue weighted by Crippen LogP contribution is 2.45. The average molecular weight is 840 g/mol. The van der Waals surface area contributed by atoms with E-state index in [0.29, 0.717) is 17.5 Å². The van der Waals surface area contributed by atoms with E-state index < -0.39 is 8.07 Å². The minimum Gasteiger partial charge on any atom is -0.456 e. The standard InChI is InChI=1S/C57H37N3OSSi/c1-5-19-38(20-6-1)55-58-56(39-21-17-28-44(35-39)63(41-22-7-2-8-23-41,42-24-9-3-10-25-42)43-26-11-4-12-27-43)60-57(59-55)40-36-48(53-46-29-13-15-32-49(46)61-50(53)37-40)45-31-18-34-52-54(45)47-30-14-16-33-51(47)62-52/h1-37H. The molecule has 0 atom stereocenters. The predicted molar refractivity (Wildman–Crippen MR) is 265 cm³/mol. The molecule has 3 aromatic heterocycles. The normalized spacial score (nSPS) is 11.8. The Morgan fingerprint density at radius 2 is 0.841 bits per heavy atom. The van der Waals surface area contributed by atoms with Crippen molar-refractivity contribution in [2.45, 2.75) is 0 Å². The number of hydrogen-bond acceptors (Lipinski definition) is 5. The van der Waals surface area contributed by atoms with E-state index in [-0.39, 0.29) is 0 Å². The molecule has 63 heavy (non-hydrogen) atoms. The molecule has 0 unspecified atom stereocenters. The van der Waals surface area contributed by atoms with Gasteiger partial charge < -0.3 is 4.42 Å². The van der Waals surface area contributed by atoms with Crippen LogP contribution < -0.4 is 20.7 Å². The summed E-state index contributed by atoms with van der Waals surface area (Å²) < 4.78 is 9.21. The van der Waals surface area contributed by atoms with E-state index in [4.69, 9.17) is 19.4 Å². The van der Waals surface area contributed by atoms with Gasteiger partial charge in [0.05, 0.1) is 0 Å². The molecular weight excluding hydrogens is 803 g/mol. The number of benzene rings is 9. The van der Waals surface area contributed by atoms with E-state index >= 15 is 0 Å². The molecular formula is C57H37N3OSSi. The van der Waals surface area contributed by atoms with Crippen LogP contribution in [-0.4, -0.2) is 23.0 Å². The molecule has 0 aliphatic heterocycles. The van der Waals surface area contributed by atoms with E-state index in [9.17, 15) is 0 Å². The van der Waals surface area contributed by atoms with Crippen LogP contribution in [0.2, 0.25) is 0 Å². The van der Waals surface area contributed by atoms with Crippen molar-refractivity contribution in [3.05, 3.63) is 224 Å². The maximum atomic E-state index is 6.70. The minimum atomic E-state index is -2.83. The topological polar surface area (TPSA) is 51.8 Å². The third kappa shape index (κ3) is 6.22. The molecule has 0 radical (unpaired) electrons. The van der Waals surface area contributed by atoms with Gasteiger partial charge in [-0.15, -0.1) is 11.3 Å². The van der Waals surface area contributed by atoms with Crippen molar-refractivity contribution in [1.29, 1.82) is 0 Å². The van der Waals surface area contributed by atoms with Crippen LogP contribution >= 0.6 is 11.3 Å². The van der Waals surface area contributed by atoms with Crippen molar-refractivity contribution in [3.8, 4) is 45.3 Å². The summed E-state index contributed by atoms with van der Waals surface area (Å²) >= 11 is 1.83. The Bertz CT molecular complexity index is 3530. The summed E-state index contributed by atoms with van der Waals surface area (Å²) in [6, 6.07) is 80.1. The summed E-state index contributed by atoms with van der Waals surface area (Å²) in [6.07, 6.45) is 0. The molecule has 12 aromatic rings. The van der Waals surface area contributed by atoms with E-state index in [2.05, 4.69) is 194 Å². The number of para-hydroxylation sites is 1. The highest BCUT2D eigenvalue weighted by molar-refractivity contribution is 7.26. The number of thiophene rings is 1. The molecule has 0 spiro atoms. The molecule has 0 saturated carbocycles. The van der Waals surface area contributed by atoms with Gasteiger partial charge in [-0.3, -0.25) is 0 Å². The molecule has 0 fully saturated rings. The summed E-state index contributed by atoms with van der Waals surface area (Å²) in [5, 5.41) is 9.80. The van der Waals surface area contributed by atoms with Crippen LogP contribution in [0.3, 0.4) is 0 Å². The Morgan fingerprint density at radius 3 is 1.52 bits per heavy atom. The van der Waals surface area contributed by atoms with Gasteiger partial charge in [0, 0.05) is 47.6 Å². The first-order valence-corrected chi connectivity index (χ1v) is 24.0. The van der Waals surface area contributed by atoms with Gasteiger partial charge >= 0.3 is 0 Å². The molecule has 12 rings (SSSR count). The van der Waals surface area contributed by atoms with Gasteiger partial charge in [-0.05, 0) is 62.2 Å². The lowest BCUT2D eigenvalue weighted by Gasteiger charge is -2.34. The summed E-state index contributed by atoms with van der Waals surface area (Å²) in [7, 11) is -2.83. The van der Waals surface area contributed by atoms with Gasteiger partial charge in [0.1, 0.15) is 11.2 Å². The summed E-state index contributed by atoms with van der Waals surface area (Å²) in [6.45, 7) is 0. The highest BCUT2D eigenvalue weighted by atomic mass is 32.1. The number of hydrogen-bond donors (Lipinski definition) is 0. The van der Waals surface area contributed by atoms with Crippen molar-refractivity contribution in [2.75, 3.05) is 0 Å². The first kappa shape index (κ1) is 37.0. The van der Waals surface area contributed by atoms with Crippen molar-refractivity contribution >= 4 is 82.3 Å². The van der Waals surface area contributed by atoms with Crippen LogP contribution in [0.25, 0.3) is 87.4 Å². The smallest absolute Gasteiger partial charge is 0.179 e. The van der Waals surface area contributed by atoms with Gasteiger partial charge in [0.2, 0.25) is 0 Å². The van der Waals surface area contributed by atoms with Crippen molar-refractivity contribution in [1.82, 2.24) is 15.0 Å². The second kappa shape index (κ2) is 15.3. The van der Waals surface area contributed by atoms with Crippen LogP contribution in [0.5, 0.6) is 0 Å².